The Balaban J connectivity index is 1.89. The van der Waals surface area contributed by atoms with Crippen LogP contribution in [0.25, 0.3) is 0 Å². The topological polar surface area (TPSA) is 50.7 Å². The van der Waals surface area contributed by atoms with Crippen molar-refractivity contribution in [3.8, 4) is 0 Å². The van der Waals surface area contributed by atoms with Gasteiger partial charge in [0.2, 0.25) is 0 Å². The molecular weight excluding hydrogens is 316 g/mol. The Labute approximate surface area is 138 Å². The fourth-order valence-electron chi connectivity index (χ4n) is 1.77. The second kappa shape index (κ2) is 7.87. The third-order valence-corrected chi connectivity index (χ3v) is 3.87. The van der Waals surface area contributed by atoms with E-state index in [2.05, 4.69) is 10.2 Å². The van der Waals surface area contributed by atoms with E-state index in [0.29, 0.717) is 16.5 Å². The van der Waals surface area contributed by atoms with Crippen molar-refractivity contribution in [3.63, 3.8) is 0 Å². The van der Waals surface area contributed by atoms with Crippen LogP contribution in [0.3, 0.4) is 0 Å². The Kier molecular flexibility index (Phi) is 5.87. The Bertz CT molecular complexity index is 677. The minimum absolute atomic E-state index is 0.0314. The van der Waals surface area contributed by atoms with Crippen LogP contribution in [0.4, 0.5) is 8.78 Å². The van der Waals surface area contributed by atoms with Crippen LogP contribution in [-0.2, 0) is 11.7 Å². The predicted octanol–water partition coefficient (Wildman–Crippen LogP) is 4.38. The number of thioether (sulfide) groups is 1. The van der Waals surface area contributed by atoms with Crippen LogP contribution in [0.15, 0.2) is 64.8 Å². The lowest BCUT2D eigenvalue weighted by Gasteiger charge is -2.09. The quantitative estimate of drug-likeness (QED) is 0.501. The van der Waals surface area contributed by atoms with E-state index in [4.69, 9.17) is 5.73 Å². The number of rotatable bonds is 5. The van der Waals surface area contributed by atoms with Crippen molar-refractivity contribution in [1.29, 1.82) is 0 Å². The summed E-state index contributed by atoms with van der Waals surface area (Å²) in [6, 6.07) is 15.8. The number of hydrogen-bond acceptors (Lipinski definition) is 3. The van der Waals surface area contributed by atoms with E-state index < -0.39 is 5.92 Å². The predicted molar refractivity (Wildman–Crippen MR) is 93.0 cm³/mol. The van der Waals surface area contributed by atoms with Crippen molar-refractivity contribution in [2.45, 2.75) is 18.6 Å². The van der Waals surface area contributed by atoms with Gasteiger partial charge in [0.1, 0.15) is 0 Å². The maximum atomic E-state index is 13.1. The largest absolute Gasteiger partial charge is 0.377 e. The van der Waals surface area contributed by atoms with Crippen molar-refractivity contribution < 1.29 is 8.78 Å². The minimum Gasteiger partial charge on any atom is -0.377 e. The number of halogens is 2. The lowest BCUT2D eigenvalue weighted by Crippen LogP contribution is -2.06. The molecule has 0 bridgehead atoms. The van der Waals surface area contributed by atoms with Crippen LogP contribution in [0, 0.1) is 0 Å². The number of alkyl halides is 2. The highest BCUT2D eigenvalue weighted by molar-refractivity contribution is 8.13. The molecule has 0 saturated heterocycles. The fourth-order valence-corrected chi connectivity index (χ4v) is 2.39. The third kappa shape index (κ3) is 5.83. The number of hydrogen-bond donors (Lipinski definition) is 1. The first-order valence-electron chi connectivity index (χ1n) is 6.97. The summed E-state index contributed by atoms with van der Waals surface area (Å²) in [5.74, 6) is -2.13. The molecular formula is C17H17F2N3S. The maximum absolute atomic E-state index is 13.1. The highest BCUT2D eigenvalue weighted by Gasteiger charge is 2.23. The molecule has 120 valence electrons. The summed E-state index contributed by atoms with van der Waals surface area (Å²) in [6.45, 7) is 0.866. The monoisotopic (exact) mass is 333 g/mol. The zero-order chi connectivity index (χ0) is 16.7. The molecule has 0 radical (unpaired) electrons. The van der Waals surface area contributed by atoms with Crippen molar-refractivity contribution in [1.82, 2.24) is 0 Å². The Hall–Kier alpha value is -2.21. The van der Waals surface area contributed by atoms with Gasteiger partial charge in [0.25, 0.3) is 5.92 Å². The fraction of sp³-hybridized carbons (Fsp3) is 0.176. The van der Waals surface area contributed by atoms with Gasteiger partial charge < -0.3 is 5.73 Å². The van der Waals surface area contributed by atoms with Gasteiger partial charge in [-0.05, 0) is 11.1 Å². The van der Waals surface area contributed by atoms with Crippen LogP contribution >= 0.6 is 11.8 Å². The van der Waals surface area contributed by atoms with Gasteiger partial charge in [-0.25, -0.2) is 8.78 Å². The van der Waals surface area contributed by atoms with E-state index >= 15 is 0 Å². The van der Waals surface area contributed by atoms with Gasteiger partial charge in [0, 0.05) is 18.2 Å². The molecule has 6 heteroatoms. The van der Waals surface area contributed by atoms with Crippen molar-refractivity contribution in [3.05, 3.63) is 71.3 Å². The number of amidine groups is 1. The molecule has 2 N–H and O–H groups in total. The molecule has 0 aliphatic heterocycles. The van der Waals surface area contributed by atoms with Crippen molar-refractivity contribution >= 4 is 23.1 Å². The summed E-state index contributed by atoms with van der Waals surface area (Å²) in [6.07, 6.45) is 1.48. The van der Waals surface area contributed by atoms with Crippen molar-refractivity contribution in [2.24, 2.45) is 15.9 Å². The molecule has 3 nitrogen and oxygen atoms in total. The lowest BCUT2D eigenvalue weighted by atomic mass is 10.1. The lowest BCUT2D eigenvalue weighted by molar-refractivity contribution is 0.0175. The van der Waals surface area contributed by atoms with Crippen LogP contribution in [0.2, 0.25) is 0 Å². The minimum atomic E-state index is -2.84. The van der Waals surface area contributed by atoms with Gasteiger partial charge >= 0.3 is 0 Å². The first-order chi connectivity index (χ1) is 10.9. The molecule has 0 saturated carbocycles. The average molecular weight is 333 g/mol. The SMILES string of the molecule is CC(F)(F)c1ccc(C=NN=C(N)SCc2ccccc2)cc1. The van der Waals surface area contributed by atoms with Gasteiger partial charge in [0.05, 0.1) is 6.21 Å². The average Bonchev–Trinajstić information content (AvgIpc) is 2.53. The van der Waals surface area contributed by atoms with Crippen LogP contribution < -0.4 is 5.73 Å². The smallest absolute Gasteiger partial charge is 0.270 e. The first-order valence-corrected chi connectivity index (χ1v) is 7.95. The molecule has 0 unspecified atom stereocenters. The molecule has 0 aliphatic rings. The van der Waals surface area contributed by atoms with Gasteiger partial charge in [-0.15, -0.1) is 5.10 Å². The summed E-state index contributed by atoms with van der Waals surface area (Å²) in [5, 5.41) is 8.11. The normalized spacial score (nSPS) is 12.7. The van der Waals surface area contributed by atoms with Gasteiger partial charge in [-0.3, -0.25) is 0 Å². The zero-order valence-electron chi connectivity index (χ0n) is 12.6. The Morgan fingerprint density at radius 3 is 2.39 bits per heavy atom. The maximum Gasteiger partial charge on any atom is 0.270 e. The summed E-state index contributed by atoms with van der Waals surface area (Å²) < 4.78 is 26.2. The standard InChI is InChI=1S/C17H17F2N3S/c1-17(18,19)15-9-7-13(8-10-15)11-21-22-16(20)23-12-14-5-3-2-4-6-14/h2-11H,12H2,1H3,(H2,20,22). The number of benzene rings is 2. The summed E-state index contributed by atoms with van der Waals surface area (Å²) >= 11 is 1.39. The molecule has 0 heterocycles. The molecule has 0 aliphatic carbocycles. The molecule has 0 amide bonds. The van der Waals surface area contributed by atoms with Crippen LogP contribution in [0.5, 0.6) is 0 Å². The van der Waals surface area contributed by atoms with Gasteiger partial charge in [-0.1, -0.05) is 66.4 Å². The molecule has 2 aromatic carbocycles. The second-order valence-corrected chi connectivity index (χ2v) is 5.96. The van der Waals surface area contributed by atoms with Gasteiger partial charge in [-0.2, -0.15) is 5.10 Å². The van der Waals surface area contributed by atoms with Crippen molar-refractivity contribution in [2.75, 3.05) is 0 Å². The zero-order valence-corrected chi connectivity index (χ0v) is 13.4. The van der Waals surface area contributed by atoms with Gasteiger partial charge in [0.15, 0.2) is 5.17 Å². The molecule has 0 fully saturated rings. The van der Waals surface area contributed by atoms with E-state index in [0.717, 1.165) is 12.5 Å². The highest BCUT2D eigenvalue weighted by Crippen LogP contribution is 2.26. The molecule has 0 atom stereocenters. The van der Waals surface area contributed by atoms with E-state index in [1.807, 2.05) is 30.3 Å². The summed E-state index contributed by atoms with van der Waals surface area (Å²) in [5.41, 5.74) is 7.57. The summed E-state index contributed by atoms with van der Waals surface area (Å²) in [7, 11) is 0. The molecule has 2 rings (SSSR count). The van der Waals surface area contributed by atoms with E-state index in [1.165, 1.54) is 30.1 Å². The first kappa shape index (κ1) is 17.1. The number of nitrogens with two attached hydrogens (primary N) is 1. The number of nitrogens with zero attached hydrogens (tertiary/aromatic N) is 2. The van der Waals surface area contributed by atoms with E-state index in [-0.39, 0.29) is 5.56 Å². The molecule has 0 aromatic heterocycles. The van der Waals surface area contributed by atoms with E-state index in [9.17, 15) is 8.78 Å². The molecule has 0 spiro atoms. The molecule has 23 heavy (non-hydrogen) atoms. The Morgan fingerprint density at radius 2 is 1.78 bits per heavy atom. The second-order valence-electron chi connectivity index (χ2n) is 4.97. The third-order valence-electron chi connectivity index (χ3n) is 3.01. The van der Waals surface area contributed by atoms with Crippen LogP contribution in [-0.4, -0.2) is 11.4 Å². The highest BCUT2D eigenvalue weighted by atomic mass is 32.2. The van der Waals surface area contributed by atoms with Crippen LogP contribution in [0.1, 0.15) is 23.6 Å². The molecule has 2 aromatic rings. The summed E-state index contributed by atoms with van der Waals surface area (Å²) in [4.78, 5) is 0. The Morgan fingerprint density at radius 1 is 1.13 bits per heavy atom. The van der Waals surface area contributed by atoms with E-state index in [1.54, 1.807) is 12.1 Å².